The van der Waals surface area contributed by atoms with Crippen LogP contribution in [0.15, 0.2) is 36.5 Å². The zero-order valence-corrected chi connectivity index (χ0v) is 13.7. The minimum Gasteiger partial charge on any atom is -0.481 e. The number of rotatable bonds is 4. The van der Waals surface area contributed by atoms with Crippen molar-refractivity contribution in [2.75, 3.05) is 38.2 Å². The van der Waals surface area contributed by atoms with Gasteiger partial charge in [-0.2, -0.15) is 0 Å². The SMILES string of the molecule is COc1ccc(CN2CCCN(c3ccc(F)c(F)c3)CC2)cn1. The Bertz CT molecular complexity index is 678. The van der Waals surface area contributed by atoms with E-state index in [9.17, 15) is 8.78 Å². The highest BCUT2D eigenvalue weighted by molar-refractivity contribution is 5.46. The molecule has 0 saturated carbocycles. The number of halogens is 2. The van der Waals surface area contributed by atoms with Gasteiger partial charge in [0.2, 0.25) is 5.88 Å². The van der Waals surface area contributed by atoms with Gasteiger partial charge < -0.3 is 9.64 Å². The number of nitrogens with zero attached hydrogens (tertiary/aromatic N) is 3. The summed E-state index contributed by atoms with van der Waals surface area (Å²) < 4.78 is 31.6. The van der Waals surface area contributed by atoms with Crippen molar-refractivity contribution in [2.24, 2.45) is 0 Å². The Kier molecular flexibility index (Phi) is 5.25. The molecule has 24 heavy (non-hydrogen) atoms. The fraction of sp³-hybridized carbons (Fsp3) is 0.389. The molecule has 0 bridgehead atoms. The van der Waals surface area contributed by atoms with Crippen LogP contribution in [-0.2, 0) is 6.54 Å². The van der Waals surface area contributed by atoms with Crippen LogP contribution in [0.1, 0.15) is 12.0 Å². The van der Waals surface area contributed by atoms with E-state index in [-0.39, 0.29) is 0 Å². The van der Waals surface area contributed by atoms with Crippen molar-refractivity contribution in [3.05, 3.63) is 53.7 Å². The van der Waals surface area contributed by atoms with Gasteiger partial charge in [-0.15, -0.1) is 0 Å². The Morgan fingerprint density at radius 1 is 1.04 bits per heavy atom. The summed E-state index contributed by atoms with van der Waals surface area (Å²) >= 11 is 0. The summed E-state index contributed by atoms with van der Waals surface area (Å²) in [5.74, 6) is -0.987. The molecular formula is C18H21F2N3O. The molecule has 2 aromatic rings. The highest BCUT2D eigenvalue weighted by Crippen LogP contribution is 2.20. The first kappa shape index (κ1) is 16.6. The van der Waals surface area contributed by atoms with Crippen molar-refractivity contribution >= 4 is 5.69 Å². The highest BCUT2D eigenvalue weighted by atomic mass is 19.2. The topological polar surface area (TPSA) is 28.6 Å². The molecule has 0 N–H and O–H groups in total. The summed E-state index contributed by atoms with van der Waals surface area (Å²) in [6.45, 7) is 4.27. The van der Waals surface area contributed by atoms with Crippen molar-refractivity contribution in [1.82, 2.24) is 9.88 Å². The van der Waals surface area contributed by atoms with E-state index >= 15 is 0 Å². The molecular weight excluding hydrogens is 312 g/mol. The molecule has 2 heterocycles. The first-order chi connectivity index (χ1) is 11.7. The lowest BCUT2D eigenvalue weighted by Gasteiger charge is -2.23. The third-order valence-electron chi connectivity index (χ3n) is 4.27. The molecule has 0 unspecified atom stereocenters. The van der Waals surface area contributed by atoms with Gasteiger partial charge in [-0.25, -0.2) is 13.8 Å². The number of pyridine rings is 1. The molecule has 0 aliphatic carbocycles. The van der Waals surface area contributed by atoms with E-state index < -0.39 is 11.6 Å². The number of hydrogen-bond acceptors (Lipinski definition) is 4. The van der Waals surface area contributed by atoms with Gasteiger partial charge in [0.05, 0.1) is 7.11 Å². The average Bonchev–Trinajstić information content (AvgIpc) is 2.84. The van der Waals surface area contributed by atoms with Crippen LogP contribution in [0.5, 0.6) is 5.88 Å². The van der Waals surface area contributed by atoms with Gasteiger partial charge in [0.25, 0.3) is 0 Å². The van der Waals surface area contributed by atoms with Crippen LogP contribution >= 0.6 is 0 Å². The molecule has 4 nitrogen and oxygen atoms in total. The zero-order valence-electron chi connectivity index (χ0n) is 13.7. The van der Waals surface area contributed by atoms with E-state index in [2.05, 4.69) is 14.8 Å². The summed E-state index contributed by atoms with van der Waals surface area (Å²) in [7, 11) is 1.60. The molecule has 0 radical (unpaired) electrons. The maximum atomic E-state index is 13.4. The van der Waals surface area contributed by atoms with E-state index in [1.54, 1.807) is 13.2 Å². The molecule has 0 amide bonds. The summed E-state index contributed by atoms with van der Waals surface area (Å²) in [5.41, 5.74) is 1.87. The summed E-state index contributed by atoms with van der Waals surface area (Å²) in [6.07, 6.45) is 2.80. The molecule has 1 saturated heterocycles. The number of anilines is 1. The molecule has 1 aliphatic rings. The normalized spacial score (nSPS) is 16.0. The summed E-state index contributed by atoms with van der Waals surface area (Å²) in [5, 5.41) is 0. The second-order valence-electron chi connectivity index (χ2n) is 5.92. The van der Waals surface area contributed by atoms with Gasteiger partial charge in [-0.1, -0.05) is 6.07 Å². The molecule has 0 atom stereocenters. The minimum absolute atomic E-state index is 0.610. The molecule has 1 aromatic heterocycles. The zero-order chi connectivity index (χ0) is 16.9. The molecule has 1 aromatic carbocycles. The van der Waals surface area contributed by atoms with Crippen LogP contribution in [0.25, 0.3) is 0 Å². The first-order valence-electron chi connectivity index (χ1n) is 8.07. The maximum absolute atomic E-state index is 13.4. The lowest BCUT2D eigenvalue weighted by molar-refractivity contribution is 0.285. The first-order valence-corrected chi connectivity index (χ1v) is 8.07. The monoisotopic (exact) mass is 333 g/mol. The van der Waals surface area contributed by atoms with Crippen molar-refractivity contribution in [3.8, 4) is 5.88 Å². The van der Waals surface area contributed by atoms with Crippen molar-refractivity contribution < 1.29 is 13.5 Å². The Hall–Kier alpha value is -2.21. The van der Waals surface area contributed by atoms with Crippen LogP contribution in [0.2, 0.25) is 0 Å². The van der Waals surface area contributed by atoms with E-state index in [1.165, 1.54) is 12.1 Å². The summed E-state index contributed by atoms with van der Waals surface area (Å²) in [6, 6.07) is 7.99. The number of hydrogen-bond donors (Lipinski definition) is 0. The molecule has 6 heteroatoms. The third kappa shape index (κ3) is 4.00. The van der Waals surface area contributed by atoms with Crippen LogP contribution in [0.4, 0.5) is 14.5 Å². The van der Waals surface area contributed by atoms with Gasteiger partial charge in [0, 0.05) is 56.7 Å². The van der Waals surface area contributed by atoms with Crippen LogP contribution in [0, 0.1) is 11.6 Å². The molecule has 1 aliphatic heterocycles. The van der Waals surface area contributed by atoms with Gasteiger partial charge in [-0.3, -0.25) is 4.90 Å². The average molecular weight is 333 g/mol. The van der Waals surface area contributed by atoms with Crippen molar-refractivity contribution in [2.45, 2.75) is 13.0 Å². The Balaban J connectivity index is 1.60. The number of aromatic nitrogens is 1. The van der Waals surface area contributed by atoms with Crippen molar-refractivity contribution in [1.29, 1.82) is 0 Å². The fourth-order valence-electron chi connectivity index (χ4n) is 2.95. The second kappa shape index (κ2) is 7.57. The van der Waals surface area contributed by atoms with Gasteiger partial charge in [-0.05, 0) is 24.1 Å². The quantitative estimate of drug-likeness (QED) is 0.860. The molecule has 3 rings (SSSR count). The van der Waals surface area contributed by atoms with Gasteiger partial charge >= 0.3 is 0 Å². The Labute approximate surface area is 140 Å². The standard InChI is InChI=1S/C18H21F2N3O/c1-24-18-6-3-14(12-21-18)13-22-7-2-8-23(10-9-22)15-4-5-16(19)17(20)11-15/h3-6,11-12H,2,7-10,13H2,1H3. The largest absolute Gasteiger partial charge is 0.481 e. The molecule has 128 valence electrons. The van der Waals surface area contributed by atoms with E-state index in [1.807, 2.05) is 18.3 Å². The third-order valence-corrected chi connectivity index (χ3v) is 4.27. The smallest absolute Gasteiger partial charge is 0.212 e. The van der Waals surface area contributed by atoms with Gasteiger partial charge in [0.15, 0.2) is 11.6 Å². The predicted molar refractivity (Wildman–Crippen MR) is 89.3 cm³/mol. The Morgan fingerprint density at radius 2 is 1.92 bits per heavy atom. The van der Waals surface area contributed by atoms with E-state index in [0.717, 1.165) is 50.4 Å². The van der Waals surface area contributed by atoms with Crippen LogP contribution < -0.4 is 9.64 Å². The Morgan fingerprint density at radius 3 is 2.62 bits per heavy atom. The highest BCUT2D eigenvalue weighted by Gasteiger charge is 2.16. The maximum Gasteiger partial charge on any atom is 0.212 e. The second-order valence-corrected chi connectivity index (χ2v) is 5.92. The lowest BCUT2D eigenvalue weighted by Crippen LogP contribution is -2.30. The number of ether oxygens (including phenoxy) is 1. The van der Waals surface area contributed by atoms with Crippen LogP contribution in [-0.4, -0.2) is 43.2 Å². The lowest BCUT2D eigenvalue weighted by atomic mass is 10.2. The number of methoxy groups -OCH3 is 1. The minimum atomic E-state index is -0.804. The molecule has 0 spiro atoms. The van der Waals surface area contributed by atoms with Gasteiger partial charge in [0.1, 0.15) is 0 Å². The van der Waals surface area contributed by atoms with Crippen molar-refractivity contribution in [3.63, 3.8) is 0 Å². The van der Waals surface area contributed by atoms with E-state index in [0.29, 0.717) is 5.88 Å². The predicted octanol–water partition coefficient (Wildman–Crippen LogP) is 3.08. The summed E-state index contributed by atoms with van der Waals surface area (Å²) in [4.78, 5) is 8.69. The number of benzene rings is 1. The molecule has 1 fully saturated rings. The van der Waals surface area contributed by atoms with E-state index in [4.69, 9.17) is 4.74 Å². The van der Waals surface area contributed by atoms with Crippen LogP contribution in [0.3, 0.4) is 0 Å². The fourth-order valence-corrected chi connectivity index (χ4v) is 2.95.